The monoisotopic (exact) mass is 164 g/mol. The smallest absolute Gasteiger partial charge is 0.199 e. The van der Waals surface area contributed by atoms with Gasteiger partial charge in [0.2, 0.25) is 0 Å². The van der Waals surface area contributed by atoms with Crippen molar-refractivity contribution >= 4 is 16.5 Å². The third-order valence-corrected chi connectivity index (χ3v) is 1.79. The van der Waals surface area contributed by atoms with Crippen molar-refractivity contribution in [1.82, 2.24) is 4.98 Å². The zero-order chi connectivity index (χ0) is 8.10. The molecule has 4 nitrogen and oxygen atoms in total. The van der Waals surface area contributed by atoms with Crippen LogP contribution < -0.4 is 4.90 Å². The van der Waals surface area contributed by atoms with Crippen molar-refractivity contribution in [2.75, 3.05) is 11.4 Å². The Bertz CT molecular complexity index is 291. The van der Waals surface area contributed by atoms with E-state index in [0.717, 1.165) is 0 Å². The molecule has 0 unspecified atom stereocenters. The topological polar surface area (TPSA) is 63.7 Å². The Morgan fingerprint density at radius 2 is 2.45 bits per heavy atom. The number of nitrogens with zero attached hydrogens (tertiary/aromatic N) is 4. The summed E-state index contributed by atoms with van der Waals surface area (Å²) >= 11 is 1.34. The number of nitriles is 2. The second kappa shape index (κ2) is 3.55. The van der Waals surface area contributed by atoms with Crippen LogP contribution in [0.15, 0.2) is 11.6 Å². The summed E-state index contributed by atoms with van der Waals surface area (Å²) in [4.78, 5) is 5.12. The van der Waals surface area contributed by atoms with Crippen LogP contribution in [0.5, 0.6) is 0 Å². The van der Waals surface area contributed by atoms with Gasteiger partial charge in [0.1, 0.15) is 6.54 Å². The molecule has 1 rings (SSSR count). The van der Waals surface area contributed by atoms with Crippen LogP contribution in [-0.2, 0) is 0 Å². The number of anilines is 1. The standard InChI is InChI=1S/C6H4N4S/c7-1-3-10(5-8)6-9-2-4-11-6/h2,4H,3H2. The molecule has 0 bridgehead atoms. The van der Waals surface area contributed by atoms with Gasteiger partial charge in [-0.15, -0.1) is 11.3 Å². The van der Waals surface area contributed by atoms with E-state index in [1.54, 1.807) is 11.6 Å². The second-order valence-electron chi connectivity index (χ2n) is 1.66. The fourth-order valence-corrected chi connectivity index (χ4v) is 1.16. The normalized spacial score (nSPS) is 8.18. The van der Waals surface area contributed by atoms with Gasteiger partial charge in [-0.2, -0.15) is 10.5 Å². The maximum Gasteiger partial charge on any atom is 0.199 e. The lowest BCUT2D eigenvalue weighted by atomic mass is 10.6. The Morgan fingerprint density at radius 1 is 1.64 bits per heavy atom. The van der Waals surface area contributed by atoms with Crippen molar-refractivity contribution < 1.29 is 0 Å². The van der Waals surface area contributed by atoms with Gasteiger partial charge in [0.05, 0.1) is 6.07 Å². The van der Waals surface area contributed by atoms with Crippen LogP contribution >= 0.6 is 11.3 Å². The van der Waals surface area contributed by atoms with Gasteiger partial charge in [-0.3, -0.25) is 0 Å². The maximum atomic E-state index is 8.52. The van der Waals surface area contributed by atoms with E-state index >= 15 is 0 Å². The minimum Gasteiger partial charge on any atom is -0.240 e. The Kier molecular flexibility index (Phi) is 2.42. The second-order valence-corrected chi connectivity index (χ2v) is 2.53. The predicted octanol–water partition coefficient (Wildman–Crippen LogP) is 0.954. The van der Waals surface area contributed by atoms with Gasteiger partial charge in [-0.1, -0.05) is 0 Å². The molecule has 0 fully saturated rings. The van der Waals surface area contributed by atoms with Crippen molar-refractivity contribution in [2.24, 2.45) is 0 Å². The van der Waals surface area contributed by atoms with Crippen LogP contribution in [0.4, 0.5) is 5.13 Å². The molecule has 0 radical (unpaired) electrons. The van der Waals surface area contributed by atoms with Gasteiger partial charge < -0.3 is 0 Å². The summed E-state index contributed by atoms with van der Waals surface area (Å²) in [7, 11) is 0. The molecule has 0 atom stereocenters. The van der Waals surface area contributed by atoms with Crippen molar-refractivity contribution in [3.63, 3.8) is 0 Å². The molecule has 0 aliphatic carbocycles. The number of hydrogen-bond donors (Lipinski definition) is 0. The highest BCUT2D eigenvalue weighted by molar-refractivity contribution is 7.13. The van der Waals surface area contributed by atoms with Crippen molar-refractivity contribution in [3.8, 4) is 12.3 Å². The summed E-state index contributed by atoms with van der Waals surface area (Å²) < 4.78 is 0. The van der Waals surface area contributed by atoms with E-state index in [2.05, 4.69) is 4.98 Å². The molecule has 0 saturated heterocycles. The molecular formula is C6H4N4S. The Hall–Kier alpha value is -1.59. The first kappa shape index (κ1) is 7.52. The highest BCUT2D eigenvalue weighted by Gasteiger charge is 2.05. The van der Waals surface area contributed by atoms with Crippen LogP contribution in [0, 0.1) is 22.8 Å². The molecule has 0 aromatic carbocycles. The van der Waals surface area contributed by atoms with Gasteiger partial charge in [-0.05, 0) is 0 Å². The summed E-state index contributed by atoms with van der Waals surface area (Å²) in [5.41, 5.74) is 0. The molecule has 0 saturated carbocycles. The first-order chi connectivity index (χ1) is 5.38. The molecule has 5 heteroatoms. The molecule has 0 aliphatic rings. The fraction of sp³-hybridized carbons (Fsp3) is 0.167. The highest BCUT2D eigenvalue weighted by atomic mass is 32.1. The lowest BCUT2D eigenvalue weighted by molar-refractivity contribution is 1.08. The van der Waals surface area contributed by atoms with E-state index in [-0.39, 0.29) is 6.54 Å². The van der Waals surface area contributed by atoms with Crippen LogP contribution in [0.2, 0.25) is 0 Å². The summed E-state index contributed by atoms with van der Waals surface area (Å²) in [6, 6.07) is 1.88. The lowest BCUT2D eigenvalue weighted by Gasteiger charge is -2.04. The Balaban J connectivity index is 2.75. The van der Waals surface area contributed by atoms with Crippen LogP contribution in [0.25, 0.3) is 0 Å². The fourth-order valence-electron chi connectivity index (χ4n) is 0.566. The first-order valence-electron chi connectivity index (χ1n) is 2.82. The molecule has 1 aromatic heterocycles. The molecule has 0 spiro atoms. The quantitative estimate of drug-likeness (QED) is 0.371. The SMILES string of the molecule is N#CCN(C#N)c1nccs1. The predicted molar refractivity (Wildman–Crippen MR) is 40.7 cm³/mol. The third-order valence-electron chi connectivity index (χ3n) is 1.000. The van der Waals surface area contributed by atoms with Crippen LogP contribution in [0.1, 0.15) is 0 Å². The van der Waals surface area contributed by atoms with Crippen molar-refractivity contribution in [1.29, 1.82) is 10.5 Å². The first-order valence-corrected chi connectivity index (χ1v) is 3.70. The van der Waals surface area contributed by atoms with Crippen molar-refractivity contribution in [2.45, 2.75) is 0 Å². The van der Waals surface area contributed by atoms with Gasteiger partial charge in [0.25, 0.3) is 0 Å². The summed E-state index contributed by atoms with van der Waals surface area (Å²) in [6.07, 6.45) is 3.46. The van der Waals surface area contributed by atoms with Gasteiger partial charge in [-0.25, -0.2) is 9.88 Å². The lowest BCUT2D eigenvalue weighted by Crippen LogP contribution is -2.15. The summed E-state index contributed by atoms with van der Waals surface area (Å²) in [6.45, 7) is 0.0595. The number of rotatable bonds is 2. The van der Waals surface area contributed by atoms with E-state index in [4.69, 9.17) is 10.5 Å². The van der Waals surface area contributed by atoms with Gasteiger partial charge in [0, 0.05) is 11.6 Å². The molecule has 0 N–H and O–H groups in total. The Labute approximate surface area is 67.9 Å². The van der Waals surface area contributed by atoms with Crippen LogP contribution in [0.3, 0.4) is 0 Å². The zero-order valence-corrected chi connectivity index (χ0v) is 6.38. The van der Waals surface area contributed by atoms with Crippen molar-refractivity contribution in [3.05, 3.63) is 11.6 Å². The number of thiazole rings is 1. The van der Waals surface area contributed by atoms with Gasteiger partial charge >= 0.3 is 0 Å². The van der Waals surface area contributed by atoms with E-state index in [0.29, 0.717) is 5.13 Å². The maximum absolute atomic E-state index is 8.52. The molecule has 0 aliphatic heterocycles. The minimum absolute atomic E-state index is 0.0595. The molecule has 1 heterocycles. The minimum atomic E-state index is 0.0595. The van der Waals surface area contributed by atoms with E-state index in [1.165, 1.54) is 16.2 Å². The molecular weight excluding hydrogens is 160 g/mol. The van der Waals surface area contributed by atoms with E-state index in [9.17, 15) is 0 Å². The highest BCUT2D eigenvalue weighted by Crippen LogP contribution is 2.15. The van der Waals surface area contributed by atoms with E-state index in [1.807, 2.05) is 12.3 Å². The average molecular weight is 164 g/mol. The molecule has 1 aromatic rings. The molecule has 54 valence electrons. The summed E-state index contributed by atoms with van der Waals surface area (Å²) in [5, 5.41) is 19.1. The Morgan fingerprint density at radius 3 is 2.91 bits per heavy atom. The zero-order valence-electron chi connectivity index (χ0n) is 5.56. The number of hydrogen-bond acceptors (Lipinski definition) is 5. The molecule has 0 amide bonds. The van der Waals surface area contributed by atoms with Crippen LogP contribution in [-0.4, -0.2) is 11.5 Å². The molecule has 11 heavy (non-hydrogen) atoms. The summed E-state index contributed by atoms with van der Waals surface area (Å²) in [5.74, 6) is 0. The third kappa shape index (κ3) is 1.66. The van der Waals surface area contributed by atoms with Gasteiger partial charge in [0.15, 0.2) is 11.3 Å². The average Bonchev–Trinajstić information content (AvgIpc) is 2.52. The number of aromatic nitrogens is 1. The largest absolute Gasteiger partial charge is 0.240 e. The van der Waals surface area contributed by atoms with E-state index < -0.39 is 0 Å².